The van der Waals surface area contributed by atoms with E-state index in [4.69, 9.17) is 0 Å². The lowest BCUT2D eigenvalue weighted by Crippen LogP contribution is -2.41. The Hall–Kier alpha value is -1.69. The average molecular weight is 276 g/mol. The summed E-state index contributed by atoms with van der Waals surface area (Å²) in [6.07, 6.45) is -3.06. The van der Waals surface area contributed by atoms with Crippen LogP contribution in [0.5, 0.6) is 0 Å². The topological polar surface area (TPSA) is 9.23 Å². The van der Waals surface area contributed by atoms with Crippen LogP contribution in [-0.4, -0.2) is 19.1 Å². The minimum absolute atomic E-state index is 0.0894. The Morgan fingerprint density at radius 3 is 2.21 bits per heavy atom. The smallest absolute Gasteiger partial charge is 0.302 e. The van der Waals surface area contributed by atoms with Crippen LogP contribution in [-0.2, 0) is 4.74 Å². The van der Waals surface area contributed by atoms with E-state index >= 15 is 0 Å². The fraction of sp³-hybridized carbons (Fsp3) is 0.231. The molecule has 0 radical (unpaired) electrons. The van der Waals surface area contributed by atoms with Gasteiger partial charge in [-0.25, -0.2) is 22.0 Å². The molecule has 1 aliphatic carbocycles. The second-order valence-electron chi connectivity index (χ2n) is 3.93. The van der Waals surface area contributed by atoms with Gasteiger partial charge in [-0.3, -0.25) is 0 Å². The Balaban J connectivity index is 2.64. The van der Waals surface area contributed by atoms with Crippen LogP contribution in [0.3, 0.4) is 0 Å². The molecule has 0 aliphatic heterocycles. The molecule has 0 aromatic heterocycles. The van der Waals surface area contributed by atoms with Crippen molar-refractivity contribution in [1.29, 1.82) is 0 Å². The quantitative estimate of drug-likeness (QED) is 0.736. The lowest BCUT2D eigenvalue weighted by molar-refractivity contribution is -0.149. The predicted octanol–water partition coefficient (Wildman–Crippen LogP) is 4.18. The first-order valence-electron chi connectivity index (χ1n) is 5.32. The first kappa shape index (κ1) is 13.7. The van der Waals surface area contributed by atoms with Crippen molar-refractivity contribution >= 4 is 5.57 Å². The van der Waals surface area contributed by atoms with Crippen molar-refractivity contribution in [3.63, 3.8) is 0 Å². The number of alkyl halides is 2. The third kappa shape index (κ3) is 1.96. The molecule has 0 heterocycles. The molecule has 0 spiro atoms. The van der Waals surface area contributed by atoms with Gasteiger partial charge in [0, 0.05) is 7.11 Å². The number of ether oxygens (including phenoxy) is 1. The van der Waals surface area contributed by atoms with Gasteiger partial charge in [0.15, 0.2) is 11.7 Å². The molecule has 0 amide bonds. The van der Waals surface area contributed by atoms with Crippen LogP contribution >= 0.6 is 0 Å². The second-order valence-corrected chi connectivity index (χ2v) is 3.93. The fourth-order valence-corrected chi connectivity index (χ4v) is 1.83. The molecule has 6 heteroatoms. The van der Waals surface area contributed by atoms with E-state index in [-0.39, 0.29) is 5.56 Å². The standard InChI is InChI=1S/C13H9F5O/c1-19-13(18)11(16)9(14)8(10(15)12(13)17)7-5-3-2-4-6-7/h2-6,11H,1H3. The van der Waals surface area contributed by atoms with Crippen molar-refractivity contribution < 1.29 is 26.7 Å². The first-order chi connectivity index (χ1) is 8.93. The van der Waals surface area contributed by atoms with Gasteiger partial charge in [-0.15, -0.1) is 0 Å². The van der Waals surface area contributed by atoms with Crippen LogP contribution in [0.2, 0.25) is 0 Å². The van der Waals surface area contributed by atoms with E-state index in [0.29, 0.717) is 7.11 Å². The van der Waals surface area contributed by atoms with E-state index in [1.54, 1.807) is 6.07 Å². The molecule has 1 aliphatic rings. The Bertz CT molecular complexity index is 551. The van der Waals surface area contributed by atoms with Crippen LogP contribution in [0.1, 0.15) is 5.56 Å². The molecule has 1 aromatic carbocycles. The van der Waals surface area contributed by atoms with Crippen molar-refractivity contribution in [3.05, 3.63) is 53.4 Å². The van der Waals surface area contributed by atoms with E-state index in [9.17, 15) is 22.0 Å². The number of rotatable bonds is 2. The summed E-state index contributed by atoms with van der Waals surface area (Å²) >= 11 is 0. The molecule has 2 atom stereocenters. The summed E-state index contributed by atoms with van der Waals surface area (Å²) in [4.78, 5) is 0. The summed E-state index contributed by atoms with van der Waals surface area (Å²) in [5.74, 6) is -9.42. The van der Waals surface area contributed by atoms with E-state index in [1.165, 1.54) is 24.3 Å². The Kier molecular flexibility index (Phi) is 3.45. The van der Waals surface area contributed by atoms with Crippen molar-refractivity contribution in [3.8, 4) is 0 Å². The van der Waals surface area contributed by atoms with Gasteiger partial charge >= 0.3 is 5.85 Å². The summed E-state index contributed by atoms with van der Waals surface area (Å²) in [5, 5.41) is 0. The zero-order valence-corrected chi connectivity index (χ0v) is 9.76. The summed E-state index contributed by atoms with van der Waals surface area (Å²) < 4.78 is 72.4. The maximum Gasteiger partial charge on any atom is 0.302 e. The van der Waals surface area contributed by atoms with Gasteiger partial charge in [-0.1, -0.05) is 30.3 Å². The summed E-state index contributed by atoms with van der Waals surface area (Å²) in [6, 6.07) is 6.94. The predicted molar refractivity (Wildman–Crippen MR) is 59.5 cm³/mol. The molecule has 102 valence electrons. The molecule has 1 nitrogen and oxygen atoms in total. The maximum atomic E-state index is 13.8. The van der Waals surface area contributed by atoms with Gasteiger partial charge in [-0.2, -0.15) is 0 Å². The highest BCUT2D eigenvalue weighted by atomic mass is 19.2. The van der Waals surface area contributed by atoms with Crippen LogP contribution < -0.4 is 0 Å². The summed E-state index contributed by atoms with van der Waals surface area (Å²) in [7, 11) is 0.625. The molecule has 0 saturated carbocycles. The molecule has 0 bridgehead atoms. The molecule has 1 aromatic rings. The molecule has 2 rings (SSSR count). The highest BCUT2D eigenvalue weighted by Crippen LogP contribution is 2.47. The van der Waals surface area contributed by atoms with E-state index in [1.807, 2.05) is 0 Å². The van der Waals surface area contributed by atoms with Crippen LogP contribution in [0.25, 0.3) is 5.57 Å². The van der Waals surface area contributed by atoms with Crippen LogP contribution in [0.15, 0.2) is 47.8 Å². The maximum absolute atomic E-state index is 13.8. The van der Waals surface area contributed by atoms with Crippen molar-refractivity contribution in [1.82, 2.24) is 0 Å². The van der Waals surface area contributed by atoms with Crippen LogP contribution in [0.4, 0.5) is 22.0 Å². The Morgan fingerprint density at radius 1 is 1.11 bits per heavy atom. The minimum Gasteiger partial charge on any atom is -0.341 e. The zero-order chi connectivity index (χ0) is 14.2. The fourth-order valence-electron chi connectivity index (χ4n) is 1.83. The lowest BCUT2D eigenvalue weighted by atomic mass is 9.93. The van der Waals surface area contributed by atoms with Crippen molar-refractivity contribution in [2.45, 2.75) is 12.0 Å². The van der Waals surface area contributed by atoms with E-state index in [2.05, 4.69) is 4.74 Å². The number of halogens is 5. The van der Waals surface area contributed by atoms with Crippen molar-refractivity contribution in [2.75, 3.05) is 7.11 Å². The third-order valence-corrected chi connectivity index (χ3v) is 2.86. The van der Waals surface area contributed by atoms with Crippen molar-refractivity contribution in [2.24, 2.45) is 0 Å². The number of methoxy groups -OCH3 is 1. The van der Waals surface area contributed by atoms with Gasteiger partial charge < -0.3 is 4.74 Å². The molecular weight excluding hydrogens is 267 g/mol. The molecule has 0 saturated heterocycles. The van der Waals surface area contributed by atoms with Gasteiger partial charge in [0.2, 0.25) is 12.0 Å². The average Bonchev–Trinajstić information content (AvgIpc) is 2.44. The number of hydrogen-bond acceptors (Lipinski definition) is 1. The minimum atomic E-state index is -3.77. The summed E-state index contributed by atoms with van der Waals surface area (Å²) in [5.41, 5.74) is -1.02. The summed E-state index contributed by atoms with van der Waals surface area (Å²) in [6.45, 7) is 0. The van der Waals surface area contributed by atoms with Gasteiger partial charge in [0.05, 0.1) is 5.57 Å². The molecule has 2 unspecified atom stereocenters. The number of hydrogen-bond donors (Lipinski definition) is 0. The molecule has 0 N–H and O–H groups in total. The zero-order valence-electron chi connectivity index (χ0n) is 9.76. The lowest BCUT2D eigenvalue weighted by Gasteiger charge is -2.29. The van der Waals surface area contributed by atoms with Gasteiger partial charge in [0.25, 0.3) is 0 Å². The van der Waals surface area contributed by atoms with Crippen LogP contribution in [0, 0.1) is 0 Å². The SMILES string of the molecule is COC1(F)C(F)=C(F)C(c2ccccc2)=C(F)C1F. The number of allylic oxidation sites excluding steroid dienone is 2. The first-order valence-corrected chi connectivity index (χ1v) is 5.32. The normalized spacial score (nSPS) is 28.0. The highest BCUT2D eigenvalue weighted by Gasteiger charge is 2.54. The Labute approximate surface area is 106 Å². The highest BCUT2D eigenvalue weighted by molar-refractivity contribution is 5.81. The second kappa shape index (κ2) is 4.77. The van der Waals surface area contributed by atoms with E-state index < -0.39 is 35.1 Å². The third-order valence-electron chi connectivity index (χ3n) is 2.86. The molecule has 0 fully saturated rings. The van der Waals surface area contributed by atoms with E-state index in [0.717, 1.165) is 0 Å². The van der Waals surface area contributed by atoms with Gasteiger partial charge in [0.1, 0.15) is 0 Å². The monoisotopic (exact) mass is 276 g/mol. The molecule has 19 heavy (non-hydrogen) atoms. The Morgan fingerprint density at radius 2 is 1.68 bits per heavy atom. The largest absolute Gasteiger partial charge is 0.341 e. The number of benzene rings is 1. The molecular formula is C13H9F5O. The van der Waals surface area contributed by atoms with Gasteiger partial charge in [-0.05, 0) is 5.56 Å².